The highest BCUT2D eigenvalue weighted by atomic mass is 32.1. The van der Waals surface area contributed by atoms with Gasteiger partial charge in [-0.15, -0.1) is 11.3 Å². The summed E-state index contributed by atoms with van der Waals surface area (Å²) in [7, 11) is 0. The molecule has 0 unspecified atom stereocenters. The average molecular weight is 746 g/mol. The van der Waals surface area contributed by atoms with Crippen molar-refractivity contribution in [2.24, 2.45) is 11.7 Å². The first kappa shape index (κ1) is 40.3. The van der Waals surface area contributed by atoms with Gasteiger partial charge in [-0.1, -0.05) is 68.3 Å². The van der Waals surface area contributed by atoms with Crippen LogP contribution in [0.2, 0.25) is 0 Å². The van der Waals surface area contributed by atoms with Crippen molar-refractivity contribution in [1.82, 2.24) is 21.3 Å². The number of halogens is 3. The fraction of sp³-hybridized carbons (Fsp3) is 0.486. The number of carboxylic acid groups (broad SMARTS) is 1. The van der Waals surface area contributed by atoms with Gasteiger partial charge < -0.3 is 32.1 Å². The van der Waals surface area contributed by atoms with E-state index in [1.807, 2.05) is 67.6 Å². The maximum absolute atomic E-state index is 13.8. The normalized spacial score (nSPS) is 21.8. The molecule has 282 valence electrons. The molecule has 52 heavy (non-hydrogen) atoms. The number of carbonyl (C=O) groups excluding carboxylic acids is 4. The van der Waals surface area contributed by atoms with Crippen molar-refractivity contribution in [3.05, 3.63) is 71.1 Å². The molecule has 3 aromatic rings. The van der Waals surface area contributed by atoms with Crippen LogP contribution in [0, 0.1) is 5.92 Å². The summed E-state index contributed by atoms with van der Waals surface area (Å²) in [5.74, 6) is -3.99. The molecule has 0 saturated heterocycles. The Bertz CT molecular complexity index is 1690. The molecule has 1 heterocycles. The maximum atomic E-state index is 13.8. The number of benzene rings is 2. The molecule has 11 nitrogen and oxygen atoms in total. The van der Waals surface area contributed by atoms with Gasteiger partial charge in [0, 0.05) is 35.2 Å². The highest BCUT2D eigenvalue weighted by Crippen LogP contribution is 2.28. The van der Waals surface area contributed by atoms with Crippen LogP contribution in [0.5, 0.6) is 0 Å². The Morgan fingerprint density at radius 1 is 0.942 bits per heavy atom. The van der Waals surface area contributed by atoms with Gasteiger partial charge >= 0.3 is 12.1 Å². The van der Waals surface area contributed by atoms with Crippen molar-refractivity contribution >= 4 is 51.0 Å². The Hall–Kier alpha value is -4.50. The summed E-state index contributed by atoms with van der Waals surface area (Å²) in [4.78, 5) is 63.2. The van der Waals surface area contributed by atoms with Gasteiger partial charge in [-0.3, -0.25) is 19.2 Å². The molecule has 6 atom stereocenters. The van der Waals surface area contributed by atoms with Crippen LogP contribution in [0.1, 0.15) is 80.4 Å². The van der Waals surface area contributed by atoms with Crippen LogP contribution in [0.3, 0.4) is 0 Å². The van der Waals surface area contributed by atoms with Gasteiger partial charge in [0.05, 0.1) is 4.88 Å². The molecule has 2 fully saturated rings. The molecule has 2 aromatic carbocycles. The molecule has 5 rings (SSSR count). The van der Waals surface area contributed by atoms with E-state index in [-0.39, 0.29) is 41.8 Å². The summed E-state index contributed by atoms with van der Waals surface area (Å²) >= 11 is 1.38. The number of carbonyl (C=O) groups is 5. The Balaban J connectivity index is 0.000000785. The lowest BCUT2D eigenvalue weighted by molar-refractivity contribution is -0.192. The van der Waals surface area contributed by atoms with Crippen molar-refractivity contribution in [3.63, 3.8) is 0 Å². The molecular weight excluding hydrogens is 699 g/mol. The first-order valence-corrected chi connectivity index (χ1v) is 18.2. The number of fused-ring (bicyclic) bond motifs is 1. The molecule has 1 aromatic heterocycles. The second-order valence-corrected chi connectivity index (χ2v) is 14.7. The molecule has 0 radical (unpaired) electrons. The van der Waals surface area contributed by atoms with E-state index in [9.17, 15) is 32.3 Å². The minimum absolute atomic E-state index is 0.00880. The van der Waals surface area contributed by atoms with Crippen LogP contribution in [0.25, 0.3) is 10.1 Å². The summed E-state index contributed by atoms with van der Waals surface area (Å²) in [5.41, 5.74) is 5.90. The largest absolute Gasteiger partial charge is 0.490 e. The fourth-order valence-corrected chi connectivity index (χ4v) is 7.34. The summed E-state index contributed by atoms with van der Waals surface area (Å²) in [6, 6.07) is 18.1. The van der Waals surface area contributed by atoms with Crippen LogP contribution < -0.4 is 27.0 Å². The molecule has 2 aliphatic rings. The van der Waals surface area contributed by atoms with Crippen LogP contribution in [-0.2, 0) is 25.6 Å². The van der Waals surface area contributed by atoms with E-state index in [0.29, 0.717) is 37.0 Å². The molecule has 0 spiro atoms. The Morgan fingerprint density at radius 2 is 1.60 bits per heavy atom. The number of aliphatic carboxylic acids is 1. The van der Waals surface area contributed by atoms with E-state index in [1.54, 1.807) is 6.92 Å². The summed E-state index contributed by atoms with van der Waals surface area (Å²) in [6.45, 7) is 3.52. The van der Waals surface area contributed by atoms with E-state index in [2.05, 4.69) is 21.3 Å². The molecule has 2 saturated carbocycles. The van der Waals surface area contributed by atoms with Gasteiger partial charge in [0.15, 0.2) is 0 Å². The molecule has 7 N–H and O–H groups in total. The number of thiophene rings is 1. The number of hydrogen-bond donors (Lipinski definition) is 6. The van der Waals surface area contributed by atoms with Gasteiger partial charge in [0.1, 0.15) is 11.6 Å². The number of carboxylic acids is 1. The van der Waals surface area contributed by atoms with E-state index in [1.165, 1.54) is 11.3 Å². The van der Waals surface area contributed by atoms with Gasteiger partial charge in [-0.25, -0.2) is 4.79 Å². The molecule has 2 aliphatic carbocycles. The van der Waals surface area contributed by atoms with Crippen LogP contribution in [0.15, 0.2) is 60.7 Å². The van der Waals surface area contributed by atoms with E-state index >= 15 is 0 Å². The van der Waals surface area contributed by atoms with Gasteiger partial charge in [0.2, 0.25) is 17.7 Å². The van der Waals surface area contributed by atoms with Gasteiger partial charge in [-0.05, 0) is 68.5 Å². The van der Waals surface area contributed by atoms with E-state index < -0.39 is 29.6 Å². The zero-order valence-electron chi connectivity index (χ0n) is 29.1. The van der Waals surface area contributed by atoms with Crippen molar-refractivity contribution in [2.75, 3.05) is 0 Å². The van der Waals surface area contributed by atoms with E-state index in [0.717, 1.165) is 41.3 Å². The van der Waals surface area contributed by atoms with Gasteiger partial charge in [0.25, 0.3) is 5.91 Å². The minimum Gasteiger partial charge on any atom is -0.475 e. The smallest absolute Gasteiger partial charge is 0.475 e. The number of amides is 4. The predicted octanol–water partition coefficient (Wildman–Crippen LogP) is 4.83. The topological polar surface area (TPSA) is 180 Å². The number of nitrogens with two attached hydrogens (primary N) is 1. The third-order valence-electron chi connectivity index (χ3n) is 9.69. The summed E-state index contributed by atoms with van der Waals surface area (Å²) < 4.78 is 32.7. The lowest BCUT2D eigenvalue weighted by Gasteiger charge is -2.31. The van der Waals surface area contributed by atoms with Crippen molar-refractivity contribution in [1.29, 1.82) is 0 Å². The highest BCUT2D eigenvalue weighted by molar-refractivity contribution is 7.20. The molecular formula is C37H46F3N5O6S. The lowest BCUT2D eigenvalue weighted by Crippen LogP contribution is -2.61. The van der Waals surface area contributed by atoms with Crippen molar-refractivity contribution in [2.45, 2.75) is 108 Å². The predicted molar refractivity (Wildman–Crippen MR) is 191 cm³/mol. The second-order valence-electron chi connectivity index (χ2n) is 13.6. The van der Waals surface area contributed by atoms with Crippen LogP contribution >= 0.6 is 11.3 Å². The summed E-state index contributed by atoms with van der Waals surface area (Å²) in [5, 5.41) is 20.2. The quantitative estimate of drug-likeness (QED) is 0.163. The maximum Gasteiger partial charge on any atom is 0.490 e. The zero-order chi connectivity index (χ0) is 38.1. The third kappa shape index (κ3) is 11.0. The monoisotopic (exact) mass is 745 g/mol. The lowest BCUT2D eigenvalue weighted by atomic mass is 9.90. The Labute approximate surface area is 304 Å². The first-order valence-electron chi connectivity index (χ1n) is 17.4. The Kier molecular flexibility index (Phi) is 13.8. The first-order chi connectivity index (χ1) is 24.6. The standard InChI is InChI=1S/C35H45N5O4S.C2HF3O2/c1-3-35(2,40-33(43)30-21-23-13-7-10-16-29(23)45-30)34(44)39-28(19-22-11-5-4-6-12-22)32(42)37-25-18-17-24(20-25)31(41)38-27-15-9-8-14-26(27)36;3-2(4,5)1(6)7/h4-7,10-13,16,21,24-28H,3,8-9,14-15,17-20,36H2,1-2H3,(H,37,42)(H,38,41)(H,39,44)(H,40,43);(H,6,7)/t24-,25+,26+,27+,28-,35+;/m1./s1. The highest BCUT2D eigenvalue weighted by Gasteiger charge is 2.39. The second kappa shape index (κ2) is 17.8. The number of hydrogen-bond acceptors (Lipinski definition) is 7. The third-order valence-corrected chi connectivity index (χ3v) is 10.8. The van der Waals surface area contributed by atoms with Crippen LogP contribution in [-0.4, -0.2) is 70.6 Å². The Morgan fingerprint density at radius 3 is 2.23 bits per heavy atom. The molecule has 15 heteroatoms. The number of rotatable bonds is 11. The van der Waals surface area contributed by atoms with Gasteiger partial charge in [-0.2, -0.15) is 13.2 Å². The minimum atomic E-state index is -5.08. The van der Waals surface area contributed by atoms with Crippen molar-refractivity contribution in [3.8, 4) is 0 Å². The molecule has 0 aliphatic heterocycles. The average Bonchev–Trinajstić information content (AvgIpc) is 3.77. The van der Waals surface area contributed by atoms with E-state index in [4.69, 9.17) is 15.6 Å². The number of alkyl halides is 3. The van der Waals surface area contributed by atoms with Crippen LogP contribution in [0.4, 0.5) is 13.2 Å². The van der Waals surface area contributed by atoms with Crippen molar-refractivity contribution < 1.29 is 42.3 Å². The fourth-order valence-electron chi connectivity index (χ4n) is 6.38. The number of nitrogens with one attached hydrogen (secondary N) is 4. The molecule has 4 amide bonds. The zero-order valence-corrected chi connectivity index (χ0v) is 29.9. The molecule has 0 bridgehead atoms. The summed E-state index contributed by atoms with van der Waals surface area (Å²) in [6.07, 6.45) is 1.46. The SMILES string of the molecule is CC[C@](C)(NC(=O)c1cc2ccccc2s1)C(=O)N[C@H](Cc1ccccc1)C(=O)N[C@H]1CC[C@@H](C(=O)N[C@H]2CCCC[C@@H]2N)C1.O=C(O)C(F)(F)F.